The Kier molecular flexibility index (Phi) is 3.78. The summed E-state index contributed by atoms with van der Waals surface area (Å²) in [6.07, 6.45) is 0.640. The largest absolute Gasteiger partial charge is 0.506 e. The van der Waals surface area contributed by atoms with Gasteiger partial charge in [0.2, 0.25) is 11.6 Å². The average molecular weight is 406 g/mol. The number of carbonyl (C=O) groups excluding carboxylic acids is 3. The first-order valence-electron chi connectivity index (χ1n) is 9.55. The maximum absolute atomic E-state index is 13.4. The van der Waals surface area contributed by atoms with Crippen LogP contribution in [0.1, 0.15) is 54.6 Å². The number of furan rings is 1. The number of nitrogens with zero attached hydrogens (tertiary/aromatic N) is 1. The summed E-state index contributed by atoms with van der Waals surface area (Å²) in [7, 11) is 0. The molecule has 2 aliphatic rings. The number of ketones is 2. The fourth-order valence-corrected chi connectivity index (χ4v) is 4.39. The quantitative estimate of drug-likeness (QED) is 0.412. The van der Waals surface area contributed by atoms with Gasteiger partial charge >= 0.3 is 0 Å². The summed E-state index contributed by atoms with van der Waals surface area (Å²) in [5.74, 6) is -2.93. The number of hydrogen-bond acceptors (Lipinski definition) is 7. The highest BCUT2D eigenvalue weighted by Gasteiger charge is 2.43. The Morgan fingerprint density at radius 2 is 1.67 bits per heavy atom. The third-order valence-electron chi connectivity index (χ3n) is 5.86. The van der Waals surface area contributed by atoms with Crippen molar-refractivity contribution in [2.75, 3.05) is 13.1 Å². The maximum Gasteiger partial charge on any atom is 0.258 e. The number of amides is 1. The third-order valence-corrected chi connectivity index (χ3v) is 5.86. The fraction of sp³-hybridized carbons (Fsp3) is 0.227. The van der Waals surface area contributed by atoms with Crippen LogP contribution in [0.15, 0.2) is 28.7 Å². The summed E-state index contributed by atoms with van der Waals surface area (Å²) in [5.41, 5.74) is 5.07. The Balaban J connectivity index is 1.75. The van der Waals surface area contributed by atoms with Gasteiger partial charge in [-0.3, -0.25) is 14.4 Å². The molecule has 4 N–H and O–H groups in total. The number of aromatic hydroxyl groups is 2. The molecule has 1 aromatic heterocycles. The zero-order valence-corrected chi connectivity index (χ0v) is 16.1. The van der Waals surface area contributed by atoms with Crippen LogP contribution in [-0.2, 0) is 0 Å². The fourth-order valence-electron chi connectivity index (χ4n) is 4.39. The molecule has 1 amide bonds. The molecule has 0 spiro atoms. The van der Waals surface area contributed by atoms with E-state index in [-0.39, 0.29) is 50.6 Å². The molecular formula is C22H18N2O6. The van der Waals surface area contributed by atoms with Crippen LogP contribution in [-0.4, -0.2) is 51.7 Å². The smallest absolute Gasteiger partial charge is 0.258 e. The minimum absolute atomic E-state index is 0.00449. The van der Waals surface area contributed by atoms with Gasteiger partial charge in [0.15, 0.2) is 5.76 Å². The molecule has 5 rings (SSSR count). The molecule has 1 saturated heterocycles. The number of carbonyl (C=O) groups is 3. The van der Waals surface area contributed by atoms with Crippen LogP contribution in [0.25, 0.3) is 10.8 Å². The highest BCUT2D eigenvalue weighted by atomic mass is 16.4. The lowest BCUT2D eigenvalue weighted by molar-refractivity contribution is 0.0784. The summed E-state index contributed by atoms with van der Waals surface area (Å²) in [6.45, 7) is 2.28. The van der Waals surface area contributed by atoms with Gasteiger partial charge in [0.25, 0.3) is 5.91 Å². The van der Waals surface area contributed by atoms with Gasteiger partial charge in [0.1, 0.15) is 17.3 Å². The van der Waals surface area contributed by atoms with Gasteiger partial charge in [0, 0.05) is 29.9 Å². The Morgan fingerprint density at radius 1 is 1.07 bits per heavy atom. The van der Waals surface area contributed by atoms with E-state index in [0.717, 1.165) is 0 Å². The predicted octanol–water partition coefficient (Wildman–Crippen LogP) is 2.10. The Hall–Kier alpha value is -3.65. The van der Waals surface area contributed by atoms with Gasteiger partial charge in [-0.2, -0.15) is 0 Å². The van der Waals surface area contributed by atoms with Crippen molar-refractivity contribution in [2.45, 2.75) is 19.4 Å². The van der Waals surface area contributed by atoms with Gasteiger partial charge in [-0.1, -0.05) is 24.3 Å². The molecule has 1 aliphatic heterocycles. The number of hydrogen-bond donors (Lipinski definition) is 3. The van der Waals surface area contributed by atoms with Gasteiger partial charge in [-0.15, -0.1) is 0 Å². The monoisotopic (exact) mass is 406 g/mol. The van der Waals surface area contributed by atoms with E-state index in [1.54, 1.807) is 12.1 Å². The van der Waals surface area contributed by atoms with Crippen LogP contribution >= 0.6 is 0 Å². The van der Waals surface area contributed by atoms with E-state index in [1.807, 2.05) is 0 Å². The highest BCUT2D eigenvalue weighted by molar-refractivity contribution is 6.33. The number of phenols is 2. The molecule has 8 nitrogen and oxygen atoms in total. The minimum Gasteiger partial charge on any atom is -0.506 e. The molecule has 0 saturated carbocycles. The van der Waals surface area contributed by atoms with Crippen LogP contribution < -0.4 is 5.73 Å². The predicted molar refractivity (Wildman–Crippen MR) is 106 cm³/mol. The van der Waals surface area contributed by atoms with Crippen LogP contribution in [0.4, 0.5) is 0 Å². The number of aryl methyl sites for hydroxylation is 1. The van der Waals surface area contributed by atoms with E-state index in [2.05, 4.69) is 0 Å². The van der Waals surface area contributed by atoms with E-state index in [9.17, 15) is 24.6 Å². The van der Waals surface area contributed by atoms with Crippen molar-refractivity contribution in [3.8, 4) is 11.5 Å². The van der Waals surface area contributed by atoms with Crippen molar-refractivity contribution >= 4 is 28.2 Å². The van der Waals surface area contributed by atoms with Gasteiger partial charge < -0.3 is 25.3 Å². The normalized spacial score (nSPS) is 18.1. The average Bonchev–Trinajstić information content (AvgIpc) is 3.32. The molecule has 2 aromatic carbocycles. The van der Waals surface area contributed by atoms with E-state index in [4.69, 9.17) is 10.2 Å². The zero-order valence-electron chi connectivity index (χ0n) is 16.1. The van der Waals surface area contributed by atoms with Gasteiger partial charge in [-0.25, -0.2) is 0 Å². The highest BCUT2D eigenvalue weighted by Crippen LogP contribution is 2.45. The molecule has 8 heteroatoms. The SMILES string of the molecule is Cc1oc2c(c1C(=O)N1CC[C@H](N)C1)C(=O)c1c(c(O)c3ccccc3c1O)C2=O. The van der Waals surface area contributed by atoms with Crippen molar-refractivity contribution in [1.82, 2.24) is 4.90 Å². The summed E-state index contributed by atoms with van der Waals surface area (Å²) < 4.78 is 5.55. The molecule has 0 radical (unpaired) electrons. The van der Waals surface area contributed by atoms with Crippen molar-refractivity contribution in [3.63, 3.8) is 0 Å². The number of likely N-dealkylation sites (tertiary alicyclic amines) is 1. The molecular weight excluding hydrogens is 388 g/mol. The molecule has 1 aliphatic carbocycles. The number of nitrogens with two attached hydrogens (primary N) is 1. The van der Waals surface area contributed by atoms with E-state index < -0.39 is 29.0 Å². The Morgan fingerprint density at radius 3 is 2.23 bits per heavy atom. The lowest BCUT2D eigenvalue weighted by Gasteiger charge is -2.20. The second-order valence-corrected chi connectivity index (χ2v) is 7.69. The molecule has 0 unspecified atom stereocenters. The summed E-state index contributed by atoms with van der Waals surface area (Å²) in [4.78, 5) is 41.2. The molecule has 0 bridgehead atoms. The number of fused-ring (bicyclic) bond motifs is 3. The summed E-state index contributed by atoms with van der Waals surface area (Å²) >= 11 is 0. The lowest BCUT2D eigenvalue weighted by Crippen LogP contribution is -2.33. The van der Waals surface area contributed by atoms with E-state index in [1.165, 1.54) is 24.0 Å². The first-order valence-corrected chi connectivity index (χ1v) is 9.55. The lowest BCUT2D eigenvalue weighted by atomic mass is 9.83. The van der Waals surface area contributed by atoms with Crippen LogP contribution in [0, 0.1) is 6.92 Å². The first-order chi connectivity index (χ1) is 14.3. The molecule has 2 heterocycles. The molecule has 152 valence electrons. The number of phenolic OH excluding ortho intramolecular Hbond substituents is 2. The van der Waals surface area contributed by atoms with Crippen LogP contribution in [0.3, 0.4) is 0 Å². The molecule has 30 heavy (non-hydrogen) atoms. The topological polar surface area (TPSA) is 134 Å². The van der Waals surface area contributed by atoms with Crippen molar-refractivity contribution < 1.29 is 29.0 Å². The van der Waals surface area contributed by atoms with Gasteiger partial charge in [0.05, 0.1) is 22.3 Å². The Labute approximate surface area is 170 Å². The number of benzene rings is 2. The van der Waals surface area contributed by atoms with Crippen molar-refractivity contribution in [1.29, 1.82) is 0 Å². The molecule has 1 fully saturated rings. The summed E-state index contributed by atoms with van der Waals surface area (Å²) in [5, 5.41) is 22.0. The van der Waals surface area contributed by atoms with Crippen LogP contribution in [0.2, 0.25) is 0 Å². The van der Waals surface area contributed by atoms with E-state index in [0.29, 0.717) is 19.5 Å². The van der Waals surface area contributed by atoms with E-state index >= 15 is 0 Å². The molecule has 1 atom stereocenters. The maximum atomic E-state index is 13.4. The standard InChI is InChI=1S/C22H18N2O6/c1-9-13(22(29)24-7-6-10(23)8-24)16-19(27)14-15(20(28)21(16)30-9)18(26)12-5-3-2-4-11(12)17(14)25/h2-5,10,25-26H,6-8,23H2,1H3/t10-/m0/s1. The second-order valence-electron chi connectivity index (χ2n) is 7.69. The molecule has 3 aromatic rings. The summed E-state index contributed by atoms with van der Waals surface area (Å²) in [6, 6.07) is 6.21. The minimum atomic E-state index is -0.751. The van der Waals surface area contributed by atoms with Gasteiger partial charge in [-0.05, 0) is 13.3 Å². The number of rotatable bonds is 1. The first kappa shape index (κ1) is 18.4. The zero-order chi connectivity index (χ0) is 21.3. The third kappa shape index (κ3) is 2.28. The van der Waals surface area contributed by atoms with Crippen LogP contribution in [0.5, 0.6) is 11.5 Å². The Bertz CT molecular complexity index is 1290. The van der Waals surface area contributed by atoms with Crippen molar-refractivity contribution in [3.05, 3.63) is 58.0 Å². The second kappa shape index (κ2) is 6.17. The van der Waals surface area contributed by atoms with Crippen molar-refractivity contribution in [2.24, 2.45) is 5.73 Å².